The maximum Gasteiger partial charge on any atom is 0.257 e. The lowest BCUT2D eigenvalue weighted by atomic mass is 10.2. The fourth-order valence-corrected chi connectivity index (χ4v) is 4.51. The molecule has 0 unspecified atom stereocenters. The van der Waals surface area contributed by atoms with E-state index in [1.807, 2.05) is 29.8 Å². The van der Waals surface area contributed by atoms with Gasteiger partial charge in [0.05, 0.1) is 42.1 Å². The molecule has 3 heterocycles. The molecule has 1 saturated heterocycles. The summed E-state index contributed by atoms with van der Waals surface area (Å²) in [5, 5.41) is 3.07. The molecule has 4 rings (SSSR count). The number of halogens is 1. The van der Waals surface area contributed by atoms with E-state index in [0.717, 1.165) is 24.5 Å². The molecular formula is C23H26ClN5O4S. The molecule has 1 amide bonds. The van der Waals surface area contributed by atoms with Gasteiger partial charge in [0.1, 0.15) is 5.82 Å². The number of morpholine rings is 1. The molecule has 0 spiro atoms. The molecule has 1 aliphatic rings. The summed E-state index contributed by atoms with van der Waals surface area (Å²) >= 11 is 6.12. The summed E-state index contributed by atoms with van der Waals surface area (Å²) in [6.07, 6.45) is 3.54. The number of nitrogens with one attached hydrogen (secondary N) is 2. The fraction of sp³-hybridized carbons (Fsp3) is 0.304. The van der Waals surface area contributed by atoms with Crippen LogP contribution in [0.15, 0.2) is 48.8 Å². The Morgan fingerprint density at radius 2 is 1.88 bits per heavy atom. The summed E-state index contributed by atoms with van der Waals surface area (Å²) in [7, 11) is -3.47. The smallest absolute Gasteiger partial charge is 0.257 e. The van der Waals surface area contributed by atoms with Crippen LogP contribution in [0.5, 0.6) is 0 Å². The lowest BCUT2D eigenvalue weighted by Crippen LogP contribution is -2.36. The monoisotopic (exact) mass is 503 g/mol. The number of aryl methyl sites for hydroxylation is 1. The highest BCUT2D eigenvalue weighted by molar-refractivity contribution is 7.92. The van der Waals surface area contributed by atoms with Gasteiger partial charge in [-0.3, -0.25) is 9.52 Å². The van der Waals surface area contributed by atoms with Crippen LogP contribution in [0, 0.1) is 6.92 Å². The van der Waals surface area contributed by atoms with E-state index in [-0.39, 0.29) is 17.3 Å². The van der Waals surface area contributed by atoms with Crippen LogP contribution >= 0.6 is 11.6 Å². The van der Waals surface area contributed by atoms with Crippen LogP contribution in [0.2, 0.25) is 5.02 Å². The zero-order chi connectivity index (χ0) is 24.3. The molecule has 0 saturated carbocycles. The Morgan fingerprint density at radius 1 is 1.15 bits per heavy atom. The van der Waals surface area contributed by atoms with E-state index in [0.29, 0.717) is 35.3 Å². The quantitative estimate of drug-likeness (QED) is 0.509. The second-order valence-corrected chi connectivity index (χ2v) is 10.3. The first-order valence-electron chi connectivity index (χ1n) is 10.8. The van der Waals surface area contributed by atoms with Crippen molar-refractivity contribution in [1.29, 1.82) is 0 Å². The number of hydrogen-bond acceptors (Lipinski definition) is 6. The van der Waals surface area contributed by atoms with Crippen LogP contribution in [0.1, 0.15) is 23.0 Å². The van der Waals surface area contributed by atoms with Gasteiger partial charge in [0.25, 0.3) is 5.91 Å². The minimum atomic E-state index is -3.47. The number of benzene rings is 1. The van der Waals surface area contributed by atoms with Gasteiger partial charge in [-0.1, -0.05) is 11.6 Å². The molecule has 9 nitrogen and oxygen atoms in total. The minimum Gasteiger partial charge on any atom is -0.378 e. The molecule has 180 valence electrons. The largest absolute Gasteiger partial charge is 0.378 e. The van der Waals surface area contributed by atoms with Gasteiger partial charge in [0, 0.05) is 35.7 Å². The number of carbonyl (C=O) groups excluding carboxylic acids is 1. The second-order valence-electron chi connectivity index (χ2n) is 7.90. The van der Waals surface area contributed by atoms with Crippen LogP contribution in [0.3, 0.4) is 0 Å². The second kappa shape index (κ2) is 10.0. The maximum absolute atomic E-state index is 12.9. The third-order valence-electron chi connectivity index (χ3n) is 5.44. The topological polar surface area (TPSA) is 106 Å². The van der Waals surface area contributed by atoms with Gasteiger partial charge in [-0.25, -0.2) is 13.4 Å². The molecule has 11 heteroatoms. The molecule has 2 aromatic heterocycles. The zero-order valence-electron chi connectivity index (χ0n) is 18.9. The first-order chi connectivity index (χ1) is 16.2. The summed E-state index contributed by atoms with van der Waals surface area (Å²) < 4.78 is 33.4. The summed E-state index contributed by atoms with van der Waals surface area (Å²) in [6, 6.07) is 10.3. The van der Waals surface area contributed by atoms with Gasteiger partial charge >= 0.3 is 0 Å². The van der Waals surface area contributed by atoms with Crippen LogP contribution in [-0.2, 0) is 14.8 Å². The van der Waals surface area contributed by atoms with Gasteiger partial charge in [0.15, 0.2) is 0 Å². The van der Waals surface area contributed by atoms with Crippen molar-refractivity contribution in [2.45, 2.75) is 13.8 Å². The number of hydrogen-bond donors (Lipinski definition) is 2. The number of pyridine rings is 1. The van der Waals surface area contributed by atoms with Crippen molar-refractivity contribution in [3.63, 3.8) is 0 Å². The summed E-state index contributed by atoms with van der Waals surface area (Å²) in [5.41, 5.74) is 2.98. The van der Waals surface area contributed by atoms with E-state index in [2.05, 4.69) is 19.9 Å². The summed E-state index contributed by atoms with van der Waals surface area (Å²) in [6.45, 7) is 6.50. The van der Waals surface area contributed by atoms with E-state index in [1.165, 1.54) is 19.1 Å². The molecule has 34 heavy (non-hydrogen) atoms. The van der Waals surface area contributed by atoms with Crippen molar-refractivity contribution in [2.24, 2.45) is 0 Å². The predicted octanol–water partition coefficient (Wildman–Crippen LogP) is 3.68. The molecule has 1 aromatic carbocycles. The Balaban J connectivity index is 1.50. The predicted molar refractivity (Wildman–Crippen MR) is 134 cm³/mol. The lowest BCUT2D eigenvalue weighted by Gasteiger charge is -2.28. The van der Waals surface area contributed by atoms with Crippen molar-refractivity contribution in [2.75, 3.05) is 47.0 Å². The minimum absolute atomic E-state index is 0.0739. The number of anilines is 3. The van der Waals surface area contributed by atoms with Crippen LogP contribution < -0.4 is 14.9 Å². The number of rotatable bonds is 7. The van der Waals surface area contributed by atoms with Crippen LogP contribution in [-0.4, -0.2) is 55.9 Å². The molecule has 3 aromatic rings. The molecule has 0 aliphatic carbocycles. The Hall–Kier alpha value is -3.08. The average Bonchev–Trinajstić information content (AvgIpc) is 3.21. The third-order valence-corrected chi connectivity index (χ3v) is 6.96. The van der Waals surface area contributed by atoms with Crippen LogP contribution in [0.4, 0.5) is 17.1 Å². The SMILES string of the molecule is CCS(=O)(=O)Nc1cc(Cl)cc(NC(=O)c2cc(C)n(-c3ccc(N4CCOCC4)cn3)c2)c1. The summed E-state index contributed by atoms with van der Waals surface area (Å²) in [4.78, 5) is 19.7. The lowest BCUT2D eigenvalue weighted by molar-refractivity contribution is 0.102. The number of amides is 1. The first kappa shape index (κ1) is 24.1. The number of aromatic nitrogens is 2. The van der Waals surface area contributed by atoms with Crippen molar-refractivity contribution < 1.29 is 17.9 Å². The highest BCUT2D eigenvalue weighted by Gasteiger charge is 2.15. The van der Waals surface area contributed by atoms with Gasteiger partial charge in [0.2, 0.25) is 10.0 Å². The highest BCUT2D eigenvalue weighted by Crippen LogP contribution is 2.25. The third kappa shape index (κ3) is 5.69. The highest BCUT2D eigenvalue weighted by atomic mass is 35.5. The standard InChI is InChI=1S/C23H26ClN5O4S/c1-3-34(31,32)27-20-12-18(24)11-19(13-20)26-23(30)17-10-16(2)29(15-17)22-5-4-21(14-25-22)28-6-8-33-9-7-28/h4-5,10-15,27H,3,6-9H2,1-2H3,(H,26,30). The van der Waals surface area contributed by atoms with E-state index >= 15 is 0 Å². The van der Waals surface area contributed by atoms with E-state index < -0.39 is 10.0 Å². The van der Waals surface area contributed by atoms with E-state index in [1.54, 1.807) is 18.3 Å². The van der Waals surface area contributed by atoms with Gasteiger partial charge in [-0.05, 0) is 50.2 Å². The molecule has 0 atom stereocenters. The Kier molecular flexibility index (Phi) is 7.11. The Labute approximate surface area is 203 Å². The zero-order valence-corrected chi connectivity index (χ0v) is 20.5. The van der Waals surface area contributed by atoms with E-state index in [4.69, 9.17) is 16.3 Å². The van der Waals surface area contributed by atoms with Crippen molar-refractivity contribution in [1.82, 2.24) is 9.55 Å². The fourth-order valence-electron chi connectivity index (χ4n) is 3.65. The van der Waals surface area contributed by atoms with Gasteiger partial charge < -0.3 is 19.5 Å². The Morgan fingerprint density at radius 3 is 2.56 bits per heavy atom. The molecule has 0 bridgehead atoms. The van der Waals surface area contributed by atoms with Crippen molar-refractivity contribution in [3.8, 4) is 5.82 Å². The Bertz CT molecular complexity index is 1290. The van der Waals surface area contributed by atoms with Crippen molar-refractivity contribution in [3.05, 3.63) is 65.1 Å². The molecule has 2 N–H and O–H groups in total. The summed E-state index contributed by atoms with van der Waals surface area (Å²) in [5.74, 6) is 0.279. The van der Waals surface area contributed by atoms with Crippen LogP contribution in [0.25, 0.3) is 5.82 Å². The normalized spacial score (nSPS) is 14.1. The molecular weight excluding hydrogens is 478 g/mol. The van der Waals surface area contributed by atoms with Crippen molar-refractivity contribution >= 4 is 44.6 Å². The molecule has 1 aliphatic heterocycles. The first-order valence-corrected chi connectivity index (χ1v) is 12.9. The number of nitrogens with zero attached hydrogens (tertiary/aromatic N) is 3. The average molecular weight is 504 g/mol. The van der Waals surface area contributed by atoms with E-state index in [9.17, 15) is 13.2 Å². The number of ether oxygens (including phenoxy) is 1. The maximum atomic E-state index is 12.9. The molecule has 0 radical (unpaired) electrons. The molecule has 1 fully saturated rings. The van der Waals surface area contributed by atoms with Gasteiger partial charge in [-0.15, -0.1) is 0 Å². The van der Waals surface area contributed by atoms with Gasteiger partial charge in [-0.2, -0.15) is 0 Å². The number of sulfonamides is 1. The number of carbonyl (C=O) groups is 1.